The topological polar surface area (TPSA) is 45.5 Å². The van der Waals surface area contributed by atoms with Crippen molar-refractivity contribution in [2.45, 2.75) is 26.6 Å². The Hall–Kier alpha value is -2.35. The number of guanidine groups is 1. The standard InChI is InChI=1S/C22H27N5.HI/c1-18-24-12-13-27(18)17-21-11-7-10-20(14-21)15-25-22(23-2)26(3)16-19-8-5-4-6-9-19;/h4-14H,15-17H2,1-3H3,(H,23,25);1H. The first-order valence-corrected chi connectivity index (χ1v) is 9.17. The number of nitrogens with one attached hydrogen (secondary N) is 1. The number of rotatable bonds is 6. The van der Waals surface area contributed by atoms with Crippen LogP contribution in [0.1, 0.15) is 22.5 Å². The van der Waals surface area contributed by atoms with E-state index in [1.54, 1.807) is 0 Å². The number of benzene rings is 2. The van der Waals surface area contributed by atoms with E-state index in [1.807, 2.05) is 32.4 Å². The lowest BCUT2D eigenvalue weighted by molar-refractivity contribution is 0.476. The second-order valence-electron chi connectivity index (χ2n) is 6.66. The second-order valence-corrected chi connectivity index (χ2v) is 6.66. The minimum atomic E-state index is 0. The third kappa shape index (κ3) is 6.09. The molecule has 0 saturated heterocycles. The Kier molecular flexibility index (Phi) is 8.50. The number of aliphatic imine (C=N–C) groups is 1. The molecule has 0 aliphatic heterocycles. The number of aromatic nitrogens is 2. The second kappa shape index (κ2) is 10.8. The van der Waals surface area contributed by atoms with E-state index in [1.165, 1.54) is 16.7 Å². The van der Waals surface area contributed by atoms with Gasteiger partial charge in [0, 0.05) is 46.1 Å². The van der Waals surface area contributed by atoms with Gasteiger partial charge in [-0.25, -0.2) is 4.98 Å². The Balaban J connectivity index is 0.00000280. The fraction of sp³-hybridized carbons (Fsp3) is 0.273. The number of halogens is 1. The predicted octanol–water partition coefficient (Wildman–Crippen LogP) is 4.07. The average molecular weight is 489 g/mol. The summed E-state index contributed by atoms with van der Waals surface area (Å²) in [6, 6.07) is 19.1. The van der Waals surface area contributed by atoms with E-state index in [-0.39, 0.29) is 24.0 Å². The zero-order valence-electron chi connectivity index (χ0n) is 16.7. The van der Waals surface area contributed by atoms with Crippen LogP contribution in [0.2, 0.25) is 0 Å². The third-order valence-electron chi connectivity index (χ3n) is 4.55. The highest BCUT2D eigenvalue weighted by Gasteiger charge is 2.07. The van der Waals surface area contributed by atoms with Crippen molar-refractivity contribution < 1.29 is 0 Å². The molecule has 1 N–H and O–H groups in total. The maximum absolute atomic E-state index is 4.41. The molecule has 3 aromatic rings. The quantitative estimate of drug-likeness (QED) is 0.323. The fourth-order valence-electron chi connectivity index (χ4n) is 3.10. The van der Waals surface area contributed by atoms with Crippen molar-refractivity contribution >= 4 is 29.9 Å². The van der Waals surface area contributed by atoms with Gasteiger partial charge in [0.2, 0.25) is 0 Å². The molecule has 2 aromatic carbocycles. The van der Waals surface area contributed by atoms with Crippen molar-refractivity contribution in [1.82, 2.24) is 19.8 Å². The summed E-state index contributed by atoms with van der Waals surface area (Å²) in [5.74, 6) is 1.91. The van der Waals surface area contributed by atoms with Gasteiger partial charge in [0.1, 0.15) is 5.82 Å². The van der Waals surface area contributed by atoms with Crippen LogP contribution in [-0.2, 0) is 19.6 Å². The lowest BCUT2D eigenvalue weighted by atomic mass is 10.1. The molecule has 3 rings (SSSR count). The maximum Gasteiger partial charge on any atom is 0.193 e. The number of hydrogen-bond donors (Lipinski definition) is 1. The van der Waals surface area contributed by atoms with Crippen molar-refractivity contribution in [3.8, 4) is 0 Å². The normalized spacial score (nSPS) is 11.0. The van der Waals surface area contributed by atoms with Crippen LogP contribution in [0.15, 0.2) is 72.0 Å². The maximum atomic E-state index is 4.41. The fourth-order valence-corrected chi connectivity index (χ4v) is 3.10. The van der Waals surface area contributed by atoms with Crippen molar-refractivity contribution in [1.29, 1.82) is 0 Å². The molecule has 1 heterocycles. The molecule has 0 aliphatic rings. The monoisotopic (exact) mass is 489 g/mol. The molecule has 0 bridgehead atoms. The van der Waals surface area contributed by atoms with Crippen LogP contribution in [0.4, 0.5) is 0 Å². The smallest absolute Gasteiger partial charge is 0.193 e. The molecule has 28 heavy (non-hydrogen) atoms. The van der Waals surface area contributed by atoms with Gasteiger partial charge in [-0.05, 0) is 23.6 Å². The summed E-state index contributed by atoms with van der Waals surface area (Å²) in [6.07, 6.45) is 3.86. The van der Waals surface area contributed by atoms with Crippen molar-refractivity contribution in [3.63, 3.8) is 0 Å². The van der Waals surface area contributed by atoms with E-state index < -0.39 is 0 Å². The van der Waals surface area contributed by atoms with Crippen LogP contribution in [0.25, 0.3) is 0 Å². The number of nitrogens with zero attached hydrogens (tertiary/aromatic N) is 4. The van der Waals surface area contributed by atoms with Gasteiger partial charge in [-0.1, -0.05) is 54.6 Å². The molecule has 0 atom stereocenters. The first kappa shape index (κ1) is 21.9. The first-order valence-electron chi connectivity index (χ1n) is 9.17. The lowest BCUT2D eigenvalue weighted by Gasteiger charge is -2.22. The zero-order chi connectivity index (χ0) is 19.1. The molecule has 0 saturated carbocycles. The lowest BCUT2D eigenvalue weighted by Crippen LogP contribution is -2.38. The van der Waals surface area contributed by atoms with Crippen molar-refractivity contribution in [3.05, 3.63) is 89.5 Å². The summed E-state index contributed by atoms with van der Waals surface area (Å²) >= 11 is 0. The highest BCUT2D eigenvalue weighted by molar-refractivity contribution is 14.0. The Morgan fingerprint density at radius 3 is 2.46 bits per heavy atom. The van der Waals surface area contributed by atoms with Crippen molar-refractivity contribution in [2.24, 2.45) is 4.99 Å². The van der Waals surface area contributed by atoms with Gasteiger partial charge in [0.25, 0.3) is 0 Å². The average Bonchev–Trinajstić information content (AvgIpc) is 3.08. The van der Waals surface area contributed by atoms with E-state index in [4.69, 9.17) is 0 Å². The Morgan fingerprint density at radius 2 is 1.79 bits per heavy atom. The molecular weight excluding hydrogens is 461 g/mol. The Bertz CT molecular complexity index is 889. The van der Waals surface area contributed by atoms with Crippen LogP contribution in [0.3, 0.4) is 0 Å². The minimum Gasteiger partial charge on any atom is -0.352 e. The van der Waals surface area contributed by atoms with E-state index in [0.29, 0.717) is 0 Å². The molecule has 1 aromatic heterocycles. The molecule has 0 amide bonds. The predicted molar refractivity (Wildman–Crippen MR) is 126 cm³/mol. The van der Waals surface area contributed by atoms with E-state index in [2.05, 4.69) is 80.3 Å². The number of hydrogen-bond acceptors (Lipinski definition) is 2. The van der Waals surface area contributed by atoms with Gasteiger partial charge in [-0.15, -0.1) is 24.0 Å². The minimum absolute atomic E-state index is 0. The van der Waals surface area contributed by atoms with Crippen LogP contribution in [0, 0.1) is 6.92 Å². The van der Waals surface area contributed by atoms with Gasteiger partial charge in [0.15, 0.2) is 5.96 Å². The summed E-state index contributed by atoms with van der Waals surface area (Å²) < 4.78 is 2.15. The van der Waals surface area contributed by atoms with Gasteiger partial charge < -0.3 is 14.8 Å². The third-order valence-corrected chi connectivity index (χ3v) is 4.55. The largest absolute Gasteiger partial charge is 0.352 e. The summed E-state index contributed by atoms with van der Waals surface area (Å²) in [6.45, 7) is 4.42. The van der Waals surface area contributed by atoms with Gasteiger partial charge in [-0.2, -0.15) is 0 Å². The summed E-state index contributed by atoms with van der Waals surface area (Å²) in [5.41, 5.74) is 3.77. The first-order chi connectivity index (χ1) is 13.2. The Labute approximate surface area is 184 Å². The number of aryl methyl sites for hydroxylation is 1. The van der Waals surface area contributed by atoms with Crippen LogP contribution < -0.4 is 5.32 Å². The molecule has 0 aliphatic carbocycles. The van der Waals surface area contributed by atoms with E-state index in [9.17, 15) is 0 Å². The number of imidazole rings is 1. The van der Waals surface area contributed by atoms with Crippen molar-refractivity contribution in [2.75, 3.05) is 14.1 Å². The highest BCUT2D eigenvalue weighted by atomic mass is 127. The molecule has 0 spiro atoms. The van der Waals surface area contributed by atoms with E-state index in [0.717, 1.165) is 31.4 Å². The molecule has 0 fully saturated rings. The van der Waals surface area contributed by atoms with Crippen LogP contribution in [0.5, 0.6) is 0 Å². The van der Waals surface area contributed by atoms with Gasteiger partial charge in [0.05, 0.1) is 0 Å². The molecule has 0 radical (unpaired) electrons. The Morgan fingerprint density at radius 1 is 1.07 bits per heavy atom. The van der Waals surface area contributed by atoms with Gasteiger partial charge >= 0.3 is 0 Å². The molecule has 6 heteroatoms. The summed E-state index contributed by atoms with van der Waals surface area (Å²) in [4.78, 5) is 10.8. The van der Waals surface area contributed by atoms with Crippen LogP contribution >= 0.6 is 24.0 Å². The van der Waals surface area contributed by atoms with Crippen LogP contribution in [-0.4, -0.2) is 34.5 Å². The van der Waals surface area contributed by atoms with Gasteiger partial charge in [-0.3, -0.25) is 4.99 Å². The highest BCUT2D eigenvalue weighted by Crippen LogP contribution is 2.09. The summed E-state index contributed by atoms with van der Waals surface area (Å²) in [5, 5.41) is 3.46. The molecular formula is C22H28IN5. The SMILES string of the molecule is CN=C(NCc1cccc(Cn2ccnc2C)c1)N(C)Cc1ccccc1.I. The molecule has 5 nitrogen and oxygen atoms in total. The zero-order valence-corrected chi connectivity index (χ0v) is 19.0. The molecule has 0 unspecified atom stereocenters. The van der Waals surface area contributed by atoms with E-state index >= 15 is 0 Å². The molecule has 148 valence electrons. The summed E-state index contributed by atoms with van der Waals surface area (Å²) in [7, 11) is 3.88.